The van der Waals surface area contributed by atoms with Crippen LogP contribution in [0, 0.1) is 11.7 Å². The van der Waals surface area contributed by atoms with E-state index in [4.69, 9.17) is 4.42 Å². The Morgan fingerprint density at radius 2 is 2.29 bits per heavy atom. The van der Waals surface area contributed by atoms with Crippen LogP contribution in [0.5, 0.6) is 0 Å². The zero-order valence-corrected chi connectivity index (χ0v) is 9.87. The average Bonchev–Trinajstić information content (AvgIpc) is 2.76. The Morgan fingerprint density at radius 3 is 3.12 bits per heavy atom. The number of hydrogen-bond acceptors (Lipinski definition) is 2. The van der Waals surface area contributed by atoms with E-state index in [1.54, 1.807) is 12.3 Å². The van der Waals surface area contributed by atoms with Crippen molar-refractivity contribution in [1.82, 2.24) is 5.32 Å². The fourth-order valence-electron chi connectivity index (χ4n) is 2.82. The summed E-state index contributed by atoms with van der Waals surface area (Å²) in [5, 5.41) is 4.23. The summed E-state index contributed by atoms with van der Waals surface area (Å²) in [6, 6.07) is 5.00. The molecule has 1 aromatic carbocycles. The maximum Gasteiger partial charge on any atom is 0.137 e. The van der Waals surface area contributed by atoms with Crippen molar-refractivity contribution in [2.75, 3.05) is 13.1 Å². The standard InChI is InChI=1S/C14H16FNO/c1-9-8-16-4-2-12(9)13-7-11(15)6-10-3-5-17-14(10)13/h3,5-7,9,12,16H,2,4,8H2,1H3. The second-order valence-electron chi connectivity index (χ2n) is 4.91. The van der Waals surface area contributed by atoms with E-state index in [1.807, 2.05) is 6.07 Å². The molecule has 17 heavy (non-hydrogen) atoms. The van der Waals surface area contributed by atoms with Gasteiger partial charge >= 0.3 is 0 Å². The topological polar surface area (TPSA) is 25.2 Å². The van der Waals surface area contributed by atoms with Gasteiger partial charge in [0.1, 0.15) is 11.4 Å². The molecule has 3 rings (SSSR count). The van der Waals surface area contributed by atoms with Gasteiger partial charge in [0.15, 0.2) is 0 Å². The Morgan fingerprint density at radius 1 is 1.41 bits per heavy atom. The molecule has 2 nitrogen and oxygen atoms in total. The molecule has 3 heteroatoms. The molecule has 0 spiro atoms. The van der Waals surface area contributed by atoms with Crippen LogP contribution in [0.15, 0.2) is 28.9 Å². The third-order valence-corrected chi connectivity index (χ3v) is 3.73. The van der Waals surface area contributed by atoms with Gasteiger partial charge < -0.3 is 9.73 Å². The Bertz CT molecular complexity index is 534. The van der Waals surface area contributed by atoms with Gasteiger partial charge in [0.05, 0.1) is 6.26 Å². The first-order chi connectivity index (χ1) is 8.25. The molecule has 90 valence electrons. The van der Waals surface area contributed by atoms with Crippen LogP contribution >= 0.6 is 0 Å². The molecule has 1 fully saturated rings. The van der Waals surface area contributed by atoms with Crippen LogP contribution in [-0.2, 0) is 0 Å². The van der Waals surface area contributed by atoms with Crippen LogP contribution in [0.1, 0.15) is 24.8 Å². The summed E-state index contributed by atoms with van der Waals surface area (Å²) in [6.07, 6.45) is 2.68. The molecular weight excluding hydrogens is 217 g/mol. The molecule has 2 atom stereocenters. The Kier molecular flexibility index (Phi) is 2.63. The van der Waals surface area contributed by atoms with E-state index in [0.717, 1.165) is 36.0 Å². The van der Waals surface area contributed by atoms with Crippen LogP contribution < -0.4 is 5.32 Å². The van der Waals surface area contributed by atoms with Gasteiger partial charge in [0, 0.05) is 10.9 Å². The summed E-state index contributed by atoms with van der Waals surface area (Å²) in [7, 11) is 0. The lowest BCUT2D eigenvalue weighted by molar-refractivity contribution is 0.348. The maximum absolute atomic E-state index is 13.6. The van der Waals surface area contributed by atoms with Crippen molar-refractivity contribution in [2.45, 2.75) is 19.3 Å². The lowest BCUT2D eigenvalue weighted by Gasteiger charge is -2.29. The van der Waals surface area contributed by atoms with Gasteiger partial charge in [-0.05, 0) is 49.5 Å². The van der Waals surface area contributed by atoms with Gasteiger partial charge in [-0.15, -0.1) is 0 Å². The third kappa shape index (κ3) is 1.84. The van der Waals surface area contributed by atoms with Crippen LogP contribution in [0.25, 0.3) is 11.0 Å². The van der Waals surface area contributed by atoms with Gasteiger partial charge in [0.2, 0.25) is 0 Å². The van der Waals surface area contributed by atoms with E-state index in [2.05, 4.69) is 12.2 Å². The van der Waals surface area contributed by atoms with Crippen molar-refractivity contribution in [3.63, 3.8) is 0 Å². The molecule has 2 aromatic rings. The minimum Gasteiger partial charge on any atom is -0.464 e. The van der Waals surface area contributed by atoms with Crippen LogP contribution in [0.4, 0.5) is 4.39 Å². The molecule has 0 aliphatic carbocycles. The molecule has 1 N–H and O–H groups in total. The summed E-state index contributed by atoms with van der Waals surface area (Å²) >= 11 is 0. The van der Waals surface area contributed by atoms with Crippen molar-refractivity contribution < 1.29 is 8.81 Å². The molecule has 0 radical (unpaired) electrons. The van der Waals surface area contributed by atoms with E-state index in [9.17, 15) is 4.39 Å². The lowest BCUT2D eigenvalue weighted by Crippen LogP contribution is -2.33. The minimum atomic E-state index is -0.167. The minimum absolute atomic E-state index is 0.167. The van der Waals surface area contributed by atoms with E-state index < -0.39 is 0 Å². The van der Waals surface area contributed by atoms with Gasteiger partial charge in [-0.2, -0.15) is 0 Å². The summed E-state index contributed by atoms with van der Waals surface area (Å²) in [6.45, 7) is 4.19. The summed E-state index contributed by atoms with van der Waals surface area (Å²) < 4.78 is 19.1. The lowest BCUT2D eigenvalue weighted by atomic mass is 9.82. The number of benzene rings is 1. The highest BCUT2D eigenvalue weighted by atomic mass is 19.1. The maximum atomic E-state index is 13.6. The number of fused-ring (bicyclic) bond motifs is 1. The fraction of sp³-hybridized carbons (Fsp3) is 0.429. The molecule has 1 aliphatic heterocycles. The zero-order chi connectivity index (χ0) is 11.8. The van der Waals surface area contributed by atoms with Gasteiger partial charge in [-0.25, -0.2) is 4.39 Å². The predicted molar refractivity (Wildman–Crippen MR) is 65.6 cm³/mol. The number of nitrogens with one attached hydrogen (secondary N) is 1. The predicted octanol–water partition coefficient (Wildman–Crippen LogP) is 3.28. The van der Waals surface area contributed by atoms with Crippen molar-refractivity contribution in [3.8, 4) is 0 Å². The monoisotopic (exact) mass is 233 g/mol. The smallest absolute Gasteiger partial charge is 0.137 e. The van der Waals surface area contributed by atoms with E-state index in [1.165, 1.54) is 6.07 Å². The second-order valence-corrected chi connectivity index (χ2v) is 4.91. The van der Waals surface area contributed by atoms with Crippen LogP contribution in [0.3, 0.4) is 0 Å². The third-order valence-electron chi connectivity index (χ3n) is 3.73. The number of furan rings is 1. The zero-order valence-electron chi connectivity index (χ0n) is 9.87. The van der Waals surface area contributed by atoms with Gasteiger partial charge in [-0.1, -0.05) is 6.92 Å². The SMILES string of the molecule is CC1CNCCC1c1cc(F)cc2ccoc12. The Balaban J connectivity index is 2.11. The highest BCUT2D eigenvalue weighted by Gasteiger charge is 2.25. The summed E-state index contributed by atoms with van der Waals surface area (Å²) in [5.41, 5.74) is 1.88. The molecule has 2 unspecified atom stereocenters. The van der Waals surface area contributed by atoms with Crippen molar-refractivity contribution in [1.29, 1.82) is 0 Å². The average molecular weight is 233 g/mol. The summed E-state index contributed by atoms with van der Waals surface area (Å²) in [5.74, 6) is 0.735. The second kappa shape index (κ2) is 4.15. The molecular formula is C14H16FNO. The summed E-state index contributed by atoms with van der Waals surface area (Å²) in [4.78, 5) is 0. The molecule has 1 saturated heterocycles. The number of hydrogen-bond donors (Lipinski definition) is 1. The van der Waals surface area contributed by atoms with Crippen molar-refractivity contribution in [3.05, 3.63) is 35.8 Å². The van der Waals surface area contributed by atoms with E-state index in [-0.39, 0.29) is 5.82 Å². The van der Waals surface area contributed by atoms with Gasteiger partial charge in [-0.3, -0.25) is 0 Å². The Labute approximate surface area is 99.8 Å². The van der Waals surface area contributed by atoms with Crippen LogP contribution in [0.2, 0.25) is 0 Å². The number of rotatable bonds is 1. The number of piperidine rings is 1. The van der Waals surface area contributed by atoms with Crippen molar-refractivity contribution >= 4 is 11.0 Å². The highest BCUT2D eigenvalue weighted by molar-refractivity contribution is 5.81. The van der Waals surface area contributed by atoms with Crippen LogP contribution in [-0.4, -0.2) is 13.1 Å². The highest BCUT2D eigenvalue weighted by Crippen LogP contribution is 2.35. The molecule has 0 amide bonds. The molecule has 2 heterocycles. The van der Waals surface area contributed by atoms with Crippen molar-refractivity contribution in [2.24, 2.45) is 5.92 Å². The van der Waals surface area contributed by atoms with Gasteiger partial charge in [0.25, 0.3) is 0 Å². The molecule has 1 aliphatic rings. The first kappa shape index (κ1) is 10.8. The fourth-order valence-corrected chi connectivity index (χ4v) is 2.82. The quantitative estimate of drug-likeness (QED) is 0.817. The first-order valence-electron chi connectivity index (χ1n) is 6.13. The van der Waals surface area contributed by atoms with E-state index in [0.29, 0.717) is 11.8 Å². The van der Waals surface area contributed by atoms with E-state index >= 15 is 0 Å². The number of halogens is 1. The molecule has 0 bridgehead atoms. The molecule has 1 aromatic heterocycles. The largest absolute Gasteiger partial charge is 0.464 e. The first-order valence-corrected chi connectivity index (χ1v) is 6.13. The normalized spacial score (nSPS) is 25.3. The Hall–Kier alpha value is -1.35. The molecule has 0 saturated carbocycles.